The molecular formula is C30H22F3N3O2. The molecule has 0 aliphatic rings. The van der Waals surface area contributed by atoms with E-state index in [-0.39, 0.29) is 12.0 Å². The van der Waals surface area contributed by atoms with Crippen molar-refractivity contribution in [2.24, 2.45) is 0 Å². The van der Waals surface area contributed by atoms with Crippen LogP contribution in [0.15, 0.2) is 91.1 Å². The number of benzene rings is 4. The van der Waals surface area contributed by atoms with Gasteiger partial charge in [0.2, 0.25) is 0 Å². The Labute approximate surface area is 216 Å². The first-order chi connectivity index (χ1) is 18.3. The van der Waals surface area contributed by atoms with Gasteiger partial charge in [-0.25, -0.2) is 0 Å². The monoisotopic (exact) mass is 513 g/mol. The number of carbonyl (C=O) groups excluding carboxylic acids is 1. The fourth-order valence-corrected chi connectivity index (χ4v) is 4.58. The lowest BCUT2D eigenvalue weighted by Crippen LogP contribution is -2.36. The molecule has 1 heterocycles. The van der Waals surface area contributed by atoms with E-state index in [1.54, 1.807) is 6.20 Å². The van der Waals surface area contributed by atoms with Crippen molar-refractivity contribution in [2.45, 2.75) is 25.2 Å². The van der Waals surface area contributed by atoms with Crippen LogP contribution in [0.4, 0.5) is 13.2 Å². The number of halogens is 3. The van der Waals surface area contributed by atoms with E-state index >= 15 is 0 Å². The summed E-state index contributed by atoms with van der Waals surface area (Å²) in [5.41, 5.74) is 2.83. The second-order valence-electron chi connectivity index (χ2n) is 8.92. The maximum atomic E-state index is 13.3. The summed E-state index contributed by atoms with van der Waals surface area (Å²) in [4.78, 5) is 16.5. The van der Waals surface area contributed by atoms with Gasteiger partial charge in [0, 0.05) is 23.1 Å². The Morgan fingerprint density at radius 3 is 2.45 bits per heavy atom. The van der Waals surface area contributed by atoms with Gasteiger partial charge in [-0.05, 0) is 58.1 Å². The summed E-state index contributed by atoms with van der Waals surface area (Å²) in [7, 11) is 0. The molecule has 5 aromatic rings. The SMILES string of the molecule is N#CCC(Cc1c[nH]c2ccccc12)NC(=O)c1cc(-c2ccc3ccccc3c2)ccc1OC(F)(F)F. The lowest BCUT2D eigenvalue weighted by atomic mass is 9.98. The molecule has 0 saturated carbocycles. The Morgan fingerprint density at radius 2 is 1.66 bits per heavy atom. The number of para-hydroxylation sites is 1. The quantitative estimate of drug-likeness (QED) is 0.243. The van der Waals surface area contributed by atoms with Gasteiger partial charge in [-0.15, -0.1) is 13.2 Å². The van der Waals surface area contributed by atoms with E-state index in [0.29, 0.717) is 12.0 Å². The van der Waals surface area contributed by atoms with E-state index < -0.39 is 24.1 Å². The minimum absolute atomic E-state index is 0.0227. The highest BCUT2D eigenvalue weighted by molar-refractivity contribution is 5.99. The number of amides is 1. The third-order valence-corrected chi connectivity index (χ3v) is 6.35. The summed E-state index contributed by atoms with van der Waals surface area (Å²) < 4.78 is 43.7. The van der Waals surface area contributed by atoms with Crippen LogP contribution in [0, 0.1) is 11.3 Å². The zero-order valence-electron chi connectivity index (χ0n) is 20.0. The van der Waals surface area contributed by atoms with Gasteiger partial charge in [-0.3, -0.25) is 4.79 Å². The van der Waals surface area contributed by atoms with Crippen LogP contribution in [-0.4, -0.2) is 23.3 Å². The number of fused-ring (bicyclic) bond motifs is 2. The molecule has 0 radical (unpaired) electrons. The summed E-state index contributed by atoms with van der Waals surface area (Å²) in [5, 5.41) is 15.0. The normalized spacial score (nSPS) is 12.3. The second kappa shape index (κ2) is 10.3. The number of nitrogens with zero attached hydrogens (tertiary/aromatic N) is 1. The molecule has 0 fully saturated rings. The largest absolute Gasteiger partial charge is 0.573 e. The zero-order chi connectivity index (χ0) is 26.7. The highest BCUT2D eigenvalue weighted by atomic mass is 19.4. The summed E-state index contributed by atoms with van der Waals surface area (Å²) in [6, 6.07) is 26.4. The third-order valence-electron chi connectivity index (χ3n) is 6.35. The average Bonchev–Trinajstić information content (AvgIpc) is 3.30. The molecule has 190 valence electrons. The maximum absolute atomic E-state index is 13.3. The summed E-state index contributed by atoms with van der Waals surface area (Å²) in [6.45, 7) is 0. The second-order valence-corrected chi connectivity index (χ2v) is 8.92. The number of nitrogens with one attached hydrogen (secondary N) is 2. The Hall–Kier alpha value is -4.77. The van der Waals surface area contributed by atoms with Gasteiger partial charge in [0.25, 0.3) is 5.91 Å². The number of hydrogen-bond acceptors (Lipinski definition) is 3. The zero-order valence-corrected chi connectivity index (χ0v) is 20.0. The minimum Gasteiger partial charge on any atom is -0.405 e. The van der Waals surface area contributed by atoms with Crippen LogP contribution in [0.25, 0.3) is 32.8 Å². The Bertz CT molecular complexity index is 1670. The molecule has 0 spiro atoms. The van der Waals surface area contributed by atoms with Gasteiger partial charge < -0.3 is 15.0 Å². The van der Waals surface area contributed by atoms with Gasteiger partial charge in [-0.1, -0.05) is 60.7 Å². The summed E-state index contributed by atoms with van der Waals surface area (Å²) in [6.07, 6.45) is -2.87. The lowest BCUT2D eigenvalue weighted by molar-refractivity contribution is -0.274. The molecule has 5 nitrogen and oxygen atoms in total. The molecule has 2 N–H and O–H groups in total. The number of aromatic amines is 1. The fraction of sp³-hybridized carbons (Fsp3) is 0.133. The molecule has 4 aromatic carbocycles. The summed E-state index contributed by atoms with van der Waals surface area (Å²) in [5.74, 6) is -1.37. The van der Waals surface area contributed by atoms with Crippen LogP contribution >= 0.6 is 0 Å². The highest BCUT2D eigenvalue weighted by Crippen LogP contribution is 2.32. The molecule has 1 aromatic heterocycles. The molecule has 1 amide bonds. The highest BCUT2D eigenvalue weighted by Gasteiger charge is 2.33. The molecule has 0 bridgehead atoms. The Kier molecular flexibility index (Phi) is 6.75. The van der Waals surface area contributed by atoms with E-state index in [1.165, 1.54) is 12.1 Å². The third kappa shape index (κ3) is 5.47. The molecular weight excluding hydrogens is 491 g/mol. The van der Waals surface area contributed by atoms with Crippen molar-refractivity contribution in [1.82, 2.24) is 10.3 Å². The first kappa shape index (κ1) is 24.9. The van der Waals surface area contributed by atoms with Crippen molar-refractivity contribution in [3.05, 3.63) is 102 Å². The van der Waals surface area contributed by atoms with Crippen molar-refractivity contribution in [3.63, 3.8) is 0 Å². The number of H-pyrrole nitrogens is 1. The minimum atomic E-state index is -4.98. The number of aromatic nitrogens is 1. The number of hydrogen-bond donors (Lipinski definition) is 2. The van der Waals surface area contributed by atoms with Crippen molar-refractivity contribution < 1.29 is 22.7 Å². The van der Waals surface area contributed by atoms with Crippen LogP contribution < -0.4 is 10.1 Å². The molecule has 38 heavy (non-hydrogen) atoms. The predicted octanol–water partition coefficient (Wildman–Crippen LogP) is 7.14. The van der Waals surface area contributed by atoms with Gasteiger partial charge in [0.15, 0.2) is 0 Å². The first-order valence-electron chi connectivity index (χ1n) is 11.9. The average molecular weight is 514 g/mol. The van der Waals surface area contributed by atoms with E-state index in [2.05, 4.69) is 21.1 Å². The van der Waals surface area contributed by atoms with E-state index in [4.69, 9.17) is 0 Å². The molecule has 0 aliphatic carbocycles. The van der Waals surface area contributed by atoms with E-state index in [0.717, 1.165) is 38.9 Å². The number of rotatable bonds is 7. The van der Waals surface area contributed by atoms with Gasteiger partial charge in [0.1, 0.15) is 5.75 Å². The Balaban J connectivity index is 1.47. The van der Waals surface area contributed by atoms with Gasteiger partial charge >= 0.3 is 6.36 Å². The van der Waals surface area contributed by atoms with Crippen molar-refractivity contribution in [2.75, 3.05) is 0 Å². The van der Waals surface area contributed by atoms with Gasteiger partial charge in [0.05, 0.1) is 18.1 Å². The van der Waals surface area contributed by atoms with Gasteiger partial charge in [-0.2, -0.15) is 5.26 Å². The van der Waals surface area contributed by atoms with Crippen molar-refractivity contribution >= 4 is 27.6 Å². The predicted molar refractivity (Wildman–Crippen MR) is 140 cm³/mol. The van der Waals surface area contributed by atoms with Crippen molar-refractivity contribution in [1.29, 1.82) is 5.26 Å². The smallest absolute Gasteiger partial charge is 0.405 e. The van der Waals surface area contributed by atoms with Crippen LogP contribution in [0.5, 0.6) is 5.75 Å². The molecule has 1 atom stereocenters. The van der Waals surface area contributed by atoms with Crippen LogP contribution in [-0.2, 0) is 6.42 Å². The lowest BCUT2D eigenvalue weighted by Gasteiger charge is -2.19. The van der Waals surface area contributed by atoms with Crippen LogP contribution in [0.3, 0.4) is 0 Å². The van der Waals surface area contributed by atoms with E-state index in [9.17, 15) is 23.2 Å². The molecule has 5 rings (SSSR count). The van der Waals surface area contributed by atoms with Crippen LogP contribution in [0.2, 0.25) is 0 Å². The molecule has 0 aliphatic heterocycles. The number of carbonyl (C=O) groups is 1. The van der Waals surface area contributed by atoms with E-state index in [1.807, 2.05) is 66.7 Å². The number of alkyl halides is 3. The molecule has 0 saturated heterocycles. The topological polar surface area (TPSA) is 77.9 Å². The molecule has 1 unspecified atom stereocenters. The van der Waals surface area contributed by atoms with Crippen LogP contribution in [0.1, 0.15) is 22.3 Å². The number of nitriles is 1. The summed E-state index contributed by atoms with van der Waals surface area (Å²) >= 11 is 0. The van der Waals surface area contributed by atoms with Crippen molar-refractivity contribution in [3.8, 4) is 22.9 Å². The molecule has 8 heteroatoms. The Morgan fingerprint density at radius 1 is 0.947 bits per heavy atom. The fourth-order valence-electron chi connectivity index (χ4n) is 4.58. The number of ether oxygens (including phenoxy) is 1. The first-order valence-corrected chi connectivity index (χ1v) is 11.9. The standard InChI is InChI=1S/C30H22F3N3O2/c31-30(32,33)38-28-12-11-22(21-10-9-19-5-1-2-6-20(19)15-21)17-26(28)29(37)36-24(13-14-34)16-23-18-35-27-8-4-3-7-25(23)27/h1-12,15,17-18,24,35H,13,16H2,(H,36,37). The maximum Gasteiger partial charge on any atom is 0.573 e.